The Hall–Kier alpha value is -1.80. The van der Waals surface area contributed by atoms with Crippen LogP contribution in [0.4, 0.5) is 0 Å². The zero-order chi connectivity index (χ0) is 16.7. The molecule has 1 saturated heterocycles. The quantitative estimate of drug-likeness (QED) is 0.808. The summed E-state index contributed by atoms with van der Waals surface area (Å²) in [5.41, 5.74) is 4.62. The molecule has 0 N–H and O–H groups in total. The van der Waals surface area contributed by atoms with Gasteiger partial charge in [-0.05, 0) is 54.0 Å². The Balaban J connectivity index is 1.51. The van der Waals surface area contributed by atoms with Crippen LogP contribution in [0.1, 0.15) is 30.0 Å². The van der Waals surface area contributed by atoms with Crippen molar-refractivity contribution in [3.8, 4) is 5.75 Å². The number of likely N-dealkylation sites (tertiary alicyclic amines) is 1. The molecule has 4 rings (SSSR count). The topological polar surface area (TPSA) is 12.5 Å². The maximum Gasteiger partial charge on any atom is 0.119 e. The molecule has 0 spiro atoms. The first-order valence-electron chi connectivity index (χ1n) is 9.10. The van der Waals surface area contributed by atoms with E-state index in [0.29, 0.717) is 5.41 Å². The number of ether oxygens (including phenoxy) is 1. The van der Waals surface area contributed by atoms with Crippen molar-refractivity contribution in [3.63, 3.8) is 0 Å². The number of hydrogen-bond acceptors (Lipinski definition) is 2. The minimum atomic E-state index is 0.381. The Kier molecular flexibility index (Phi) is 3.88. The summed E-state index contributed by atoms with van der Waals surface area (Å²) in [5, 5.41) is 0. The monoisotopic (exact) mass is 321 g/mol. The van der Waals surface area contributed by atoms with Crippen LogP contribution in [0.5, 0.6) is 5.75 Å². The molecule has 2 heteroatoms. The number of benzene rings is 2. The second kappa shape index (κ2) is 5.93. The summed E-state index contributed by atoms with van der Waals surface area (Å²) in [6.07, 6.45) is 1.23. The van der Waals surface area contributed by atoms with Gasteiger partial charge in [-0.15, -0.1) is 0 Å². The fourth-order valence-corrected chi connectivity index (χ4v) is 5.08. The number of piperidine rings is 1. The molecule has 2 aromatic rings. The average Bonchev–Trinajstić information content (AvgIpc) is 2.99. The first kappa shape index (κ1) is 15.7. The molecule has 1 saturated carbocycles. The summed E-state index contributed by atoms with van der Waals surface area (Å²) in [6, 6.07) is 17.6. The molecule has 24 heavy (non-hydrogen) atoms. The lowest BCUT2D eigenvalue weighted by atomic mass is 9.86. The number of aryl methyl sites for hydroxylation is 1. The van der Waals surface area contributed by atoms with E-state index in [0.717, 1.165) is 24.1 Å². The van der Waals surface area contributed by atoms with Gasteiger partial charge < -0.3 is 4.74 Å². The summed E-state index contributed by atoms with van der Waals surface area (Å²) in [7, 11) is 1.77. The molecular weight excluding hydrogens is 294 g/mol. The predicted octanol–water partition coefficient (Wildman–Crippen LogP) is 4.41. The summed E-state index contributed by atoms with van der Waals surface area (Å²) >= 11 is 0. The number of methoxy groups -OCH3 is 1. The van der Waals surface area contributed by atoms with Gasteiger partial charge >= 0.3 is 0 Å². The average molecular weight is 321 g/mol. The van der Waals surface area contributed by atoms with Crippen molar-refractivity contribution < 1.29 is 4.74 Å². The smallest absolute Gasteiger partial charge is 0.119 e. The largest absolute Gasteiger partial charge is 0.497 e. The maximum absolute atomic E-state index is 5.51. The molecule has 2 aromatic carbocycles. The standard InChI is InChI=1S/C22H27NO/c1-4-22(18-10-16(2)11-19(12-18)24-3)20-14-23(15-21(20)22)13-17-8-6-5-7-9-17/h5-12,20-21H,4,13-15H2,1-3H3/t20-,21+,22+. The van der Waals surface area contributed by atoms with Gasteiger partial charge in [0.2, 0.25) is 0 Å². The summed E-state index contributed by atoms with van der Waals surface area (Å²) in [4.78, 5) is 2.63. The molecule has 0 unspecified atom stereocenters. The van der Waals surface area contributed by atoms with Gasteiger partial charge in [0.1, 0.15) is 5.75 Å². The van der Waals surface area contributed by atoms with Crippen molar-refractivity contribution in [2.75, 3.05) is 20.2 Å². The number of fused-ring (bicyclic) bond motifs is 1. The second-order valence-electron chi connectivity index (χ2n) is 7.53. The molecule has 0 radical (unpaired) electrons. The maximum atomic E-state index is 5.51. The van der Waals surface area contributed by atoms with E-state index in [4.69, 9.17) is 4.74 Å². The molecule has 2 nitrogen and oxygen atoms in total. The van der Waals surface area contributed by atoms with E-state index in [1.165, 1.54) is 36.2 Å². The van der Waals surface area contributed by atoms with Crippen LogP contribution in [0.25, 0.3) is 0 Å². The van der Waals surface area contributed by atoms with Crippen molar-refractivity contribution in [2.45, 2.75) is 32.2 Å². The number of rotatable bonds is 5. The van der Waals surface area contributed by atoms with Gasteiger partial charge in [-0.1, -0.05) is 43.3 Å². The van der Waals surface area contributed by atoms with E-state index in [1.807, 2.05) is 0 Å². The lowest BCUT2D eigenvalue weighted by molar-refractivity contribution is 0.262. The third kappa shape index (κ3) is 2.44. The zero-order valence-corrected chi connectivity index (χ0v) is 15.0. The van der Waals surface area contributed by atoms with Crippen LogP contribution < -0.4 is 4.74 Å². The van der Waals surface area contributed by atoms with Crippen molar-refractivity contribution in [1.29, 1.82) is 0 Å². The molecule has 2 aliphatic rings. The Labute approximate surface area is 145 Å². The van der Waals surface area contributed by atoms with Gasteiger partial charge in [0.05, 0.1) is 7.11 Å². The van der Waals surface area contributed by atoms with Crippen LogP contribution >= 0.6 is 0 Å². The second-order valence-corrected chi connectivity index (χ2v) is 7.53. The summed E-state index contributed by atoms with van der Waals surface area (Å²) < 4.78 is 5.51. The molecule has 2 fully saturated rings. The van der Waals surface area contributed by atoms with Crippen LogP contribution in [0, 0.1) is 18.8 Å². The van der Waals surface area contributed by atoms with E-state index in [2.05, 4.69) is 67.3 Å². The highest BCUT2D eigenvalue weighted by Crippen LogP contribution is 2.65. The van der Waals surface area contributed by atoms with Crippen LogP contribution in [0.2, 0.25) is 0 Å². The predicted molar refractivity (Wildman–Crippen MR) is 98.4 cm³/mol. The highest BCUT2D eigenvalue weighted by Gasteiger charge is 2.67. The summed E-state index contributed by atoms with van der Waals surface area (Å²) in [6.45, 7) is 8.07. The Morgan fingerprint density at radius 2 is 1.79 bits per heavy atom. The molecule has 3 atom stereocenters. The summed E-state index contributed by atoms with van der Waals surface area (Å²) in [5.74, 6) is 2.61. The van der Waals surface area contributed by atoms with Gasteiger partial charge in [-0.2, -0.15) is 0 Å². The minimum Gasteiger partial charge on any atom is -0.497 e. The molecule has 0 aromatic heterocycles. The van der Waals surface area contributed by atoms with E-state index >= 15 is 0 Å². The SMILES string of the molecule is CC[C@]1(c2cc(C)cc(OC)c2)[C@@H]2CN(Cc3ccccc3)C[C@@H]21. The lowest BCUT2D eigenvalue weighted by Gasteiger charge is -2.27. The van der Waals surface area contributed by atoms with Crippen LogP contribution in [0.15, 0.2) is 48.5 Å². The van der Waals surface area contributed by atoms with Gasteiger partial charge in [0, 0.05) is 25.0 Å². The Morgan fingerprint density at radius 1 is 1.08 bits per heavy atom. The van der Waals surface area contributed by atoms with Crippen molar-refractivity contribution in [2.24, 2.45) is 11.8 Å². The Morgan fingerprint density at radius 3 is 2.42 bits per heavy atom. The third-order valence-electron chi connectivity index (χ3n) is 6.27. The molecule has 1 aliphatic carbocycles. The van der Waals surface area contributed by atoms with Crippen LogP contribution in [0.3, 0.4) is 0 Å². The molecule has 0 amide bonds. The number of nitrogens with zero attached hydrogens (tertiary/aromatic N) is 1. The fraction of sp³-hybridized carbons (Fsp3) is 0.455. The van der Waals surface area contributed by atoms with Crippen molar-refractivity contribution in [3.05, 3.63) is 65.2 Å². The van der Waals surface area contributed by atoms with Crippen LogP contribution in [-0.4, -0.2) is 25.1 Å². The minimum absolute atomic E-state index is 0.381. The highest BCUT2D eigenvalue weighted by molar-refractivity contribution is 5.45. The normalized spacial score (nSPS) is 28.6. The molecule has 1 aliphatic heterocycles. The van der Waals surface area contributed by atoms with Crippen molar-refractivity contribution in [1.82, 2.24) is 4.90 Å². The van der Waals surface area contributed by atoms with E-state index in [-0.39, 0.29) is 0 Å². The van der Waals surface area contributed by atoms with Gasteiger partial charge in [0.25, 0.3) is 0 Å². The van der Waals surface area contributed by atoms with Crippen molar-refractivity contribution >= 4 is 0 Å². The molecule has 126 valence electrons. The Bertz CT molecular complexity index is 712. The van der Waals surface area contributed by atoms with Gasteiger partial charge in [0.15, 0.2) is 0 Å². The molecule has 1 heterocycles. The van der Waals surface area contributed by atoms with Gasteiger partial charge in [-0.25, -0.2) is 0 Å². The fourth-order valence-electron chi connectivity index (χ4n) is 5.08. The molecule has 0 bridgehead atoms. The van der Waals surface area contributed by atoms with E-state index < -0.39 is 0 Å². The molecular formula is C22H27NO. The van der Waals surface area contributed by atoms with Gasteiger partial charge in [-0.3, -0.25) is 4.90 Å². The zero-order valence-electron chi connectivity index (χ0n) is 15.0. The third-order valence-corrected chi connectivity index (χ3v) is 6.27. The van der Waals surface area contributed by atoms with E-state index in [9.17, 15) is 0 Å². The number of hydrogen-bond donors (Lipinski definition) is 0. The first-order valence-corrected chi connectivity index (χ1v) is 9.10. The lowest BCUT2D eigenvalue weighted by Crippen LogP contribution is -2.29. The first-order chi connectivity index (χ1) is 11.7. The highest BCUT2D eigenvalue weighted by atomic mass is 16.5. The van der Waals surface area contributed by atoms with E-state index in [1.54, 1.807) is 7.11 Å². The van der Waals surface area contributed by atoms with Crippen LogP contribution in [-0.2, 0) is 12.0 Å².